The predicted octanol–water partition coefficient (Wildman–Crippen LogP) is 4.81. The predicted molar refractivity (Wildman–Crippen MR) is 81.0 cm³/mol. The summed E-state index contributed by atoms with van der Waals surface area (Å²) in [5.41, 5.74) is 1.49. The first-order valence-corrected chi connectivity index (χ1v) is 6.98. The zero-order valence-electron chi connectivity index (χ0n) is 11.0. The average Bonchev–Trinajstić information content (AvgIpc) is 2.41. The van der Waals surface area contributed by atoms with Crippen molar-refractivity contribution >= 4 is 23.2 Å². The second-order valence-electron chi connectivity index (χ2n) is 4.72. The molecular weight excluding hydrogens is 279 g/mol. The summed E-state index contributed by atoms with van der Waals surface area (Å²) in [4.78, 5) is 0. The van der Waals surface area contributed by atoms with Gasteiger partial charge in [-0.05, 0) is 30.5 Å². The number of hydrogen-bond donors (Lipinski definition) is 1. The van der Waals surface area contributed by atoms with E-state index in [0.29, 0.717) is 15.6 Å². The largest absolute Gasteiger partial charge is 0.381 e. The van der Waals surface area contributed by atoms with E-state index in [0.717, 1.165) is 12.0 Å². The van der Waals surface area contributed by atoms with Crippen LogP contribution in [-0.2, 0) is 12.0 Å². The Morgan fingerprint density at radius 1 is 1.05 bits per heavy atom. The van der Waals surface area contributed by atoms with E-state index in [9.17, 15) is 5.11 Å². The minimum Gasteiger partial charge on any atom is -0.381 e. The molecule has 0 aromatic heterocycles. The van der Waals surface area contributed by atoms with Crippen LogP contribution < -0.4 is 0 Å². The molecule has 2 rings (SSSR count). The van der Waals surface area contributed by atoms with Crippen molar-refractivity contribution in [3.63, 3.8) is 0 Å². The average molecular weight is 295 g/mol. The number of benzene rings is 2. The molecule has 100 valence electrons. The van der Waals surface area contributed by atoms with Gasteiger partial charge in [-0.2, -0.15) is 0 Å². The summed E-state index contributed by atoms with van der Waals surface area (Å²) in [5, 5.41) is 11.6. The molecular formula is C16H16Cl2O. The van der Waals surface area contributed by atoms with Gasteiger partial charge in [0.2, 0.25) is 0 Å². The van der Waals surface area contributed by atoms with Gasteiger partial charge >= 0.3 is 0 Å². The molecule has 2 aromatic carbocycles. The van der Waals surface area contributed by atoms with E-state index in [2.05, 4.69) is 6.92 Å². The lowest BCUT2D eigenvalue weighted by Crippen LogP contribution is -2.23. The van der Waals surface area contributed by atoms with Crippen molar-refractivity contribution in [1.82, 2.24) is 0 Å². The third kappa shape index (κ3) is 2.79. The molecule has 0 aliphatic heterocycles. The Morgan fingerprint density at radius 2 is 1.68 bits per heavy atom. The van der Waals surface area contributed by atoms with Gasteiger partial charge in [-0.1, -0.05) is 66.5 Å². The second-order valence-corrected chi connectivity index (χ2v) is 5.51. The molecule has 0 amide bonds. The SMILES string of the molecule is CCc1ccc(C(C)(O)c2cccc(Cl)c2Cl)cc1. The van der Waals surface area contributed by atoms with Crippen molar-refractivity contribution in [3.8, 4) is 0 Å². The summed E-state index contributed by atoms with van der Waals surface area (Å²) >= 11 is 12.2. The molecule has 0 aliphatic rings. The first-order chi connectivity index (χ1) is 8.96. The third-order valence-corrected chi connectivity index (χ3v) is 4.22. The first-order valence-electron chi connectivity index (χ1n) is 6.23. The Balaban J connectivity index is 2.48. The van der Waals surface area contributed by atoms with E-state index in [1.807, 2.05) is 24.3 Å². The highest BCUT2D eigenvalue weighted by Gasteiger charge is 2.28. The minimum absolute atomic E-state index is 0.397. The monoisotopic (exact) mass is 294 g/mol. The molecule has 19 heavy (non-hydrogen) atoms. The van der Waals surface area contributed by atoms with Gasteiger partial charge in [0, 0.05) is 5.56 Å². The lowest BCUT2D eigenvalue weighted by atomic mass is 9.87. The summed E-state index contributed by atoms with van der Waals surface area (Å²) < 4.78 is 0. The van der Waals surface area contributed by atoms with Crippen LogP contribution in [0.1, 0.15) is 30.5 Å². The Kier molecular flexibility index (Phi) is 4.19. The first kappa shape index (κ1) is 14.4. The number of rotatable bonds is 3. The normalized spacial score (nSPS) is 14.2. The lowest BCUT2D eigenvalue weighted by Gasteiger charge is -2.26. The quantitative estimate of drug-likeness (QED) is 0.861. The summed E-state index contributed by atoms with van der Waals surface area (Å²) in [5.74, 6) is 0. The Morgan fingerprint density at radius 3 is 2.26 bits per heavy atom. The van der Waals surface area contributed by atoms with Crippen LogP contribution in [0.5, 0.6) is 0 Å². The maximum atomic E-state index is 10.8. The maximum Gasteiger partial charge on any atom is 0.113 e. The molecule has 1 N–H and O–H groups in total. The van der Waals surface area contributed by atoms with Gasteiger partial charge in [0.1, 0.15) is 5.60 Å². The Bertz CT molecular complexity index is 574. The fraction of sp³-hybridized carbons (Fsp3) is 0.250. The number of halogens is 2. The zero-order valence-corrected chi connectivity index (χ0v) is 12.5. The van der Waals surface area contributed by atoms with E-state index < -0.39 is 5.60 Å². The topological polar surface area (TPSA) is 20.2 Å². The summed E-state index contributed by atoms with van der Waals surface area (Å²) in [6, 6.07) is 13.2. The molecule has 0 heterocycles. The van der Waals surface area contributed by atoms with Crippen LogP contribution in [0, 0.1) is 0 Å². The van der Waals surface area contributed by atoms with E-state index in [4.69, 9.17) is 23.2 Å². The van der Waals surface area contributed by atoms with Gasteiger partial charge in [0.25, 0.3) is 0 Å². The summed E-state index contributed by atoms with van der Waals surface area (Å²) in [6.07, 6.45) is 0.973. The molecule has 0 saturated heterocycles. The van der Waals surface area contributed by atoms with Gasteiger partial charge in [0.15, 0.2) is 0 Å². The molecule has 0 fully saturated rings. The van der Waals surface area contributed by atoms with Gasteiger partial charge < -0.3 is 5.11 Å². The van der Waals surface area contributed by atoms with E-state index in [1.165, 1.54) is 5.56 Å². The smallest absolute Gasteiger partial charge is 0.113 e. The van der Waals surface area contributed by atoms with E-state index in [-0.39, 0.29) is 0 Å². The molecule has 0 saturated carbocycles. The maximum absolute atomic E-state index is 10.8. The van der Waals surface area contributed by atoms with Crippen molar-refractivity contribution in [2.45, 2.75) is 25.9 Å². The van der Waals surface area contributed by atoms with Crippen LogP contribution in [0.3, 0.4) is 0 Å². The number of aryl methyl sites for hydroxylation is 1. The van der Waals surface area contributed by atoms with E-state index >= 15 is 0 Å². The molecule has 1 atom stereocenters. The van der Waals surface area contributed by atoms with Crippen molar-refractivity contribution in [2.24, 2.45) is 0 Å². The highest BCUT2D eigenvalue weighted by Crippen LogP contribution is 2.37. The van der Waals surface area contributed by atoms with Crippen molar-refractivity contribution in [2.75, 3.05) is 0 Å². The van der Waals surface area contributed by atoms with Gasteiger partial charge in [0.05, 0.1) is 10.0 Å². The Labute approximate surface area is 123 Å². The van der Waals surface area contributed by atoms with Crippen LogP contribution in [0.4, 0.5) is 0 Å². The zero-order chi connectivity index (χ0) is 14.0. The van der Waals surface area contributed by atoms with Gasteiger partial charge in [-0.25, -0.2) is 0 Å². The molecule has 1 unspecified atom stereocenters. The van der Waals surface area contributed by atoms with Gasteiger partial charge in [-0.15, -0.1) is 0 Å². The highest BCUT2D eigenvalue weighted by molar-refractivity contribution is 6.42. The second kappa shape index (κ2) is 5.54. The van der Waals surface area contributed by atoms with Crippen LogP contribution in [0.25, 0.3) is 0 Å². The molecule has 0 radical (unpaired) electrons. The summed E-state index contributed by atoms with van der Waals surface area (Å²) in [7, 11) is 0. The molecule has 2 aromatic rings. The lowest BCUT2D eigenvalue weighted by molar-refractivity contribution is 0.102. The summed E-state index contributed by atoms with van der Waals surface area (Å²) in [6.45, 7) is 3.83. The molecule has 0 spiro atoms. The molecule has 0 aliphatic carbocycles. The minimum atomic E-state index is -1.16. The van der Waals surface area contributed by atoms with Crippen LogP contribution in [0.2, 0.25) is 10.0 Å². The fourth-order valence-corrected chi connectivity index (χ4v) is 2.58. The fourth-order valence-electron chi connectivity index (χ4n) is 2.10. The van der Waals surface area contributed by atoms with Gasteiger partial charge in [-0.3, -0.25) is 0 Å². The van der Waals surface area contributed by atoms with Crippen molar-refractivity contribution in [1.29, 1.82) is 0 Å². The molecule has 3 heteroatoms. The van der Waals surface area contributed by atoms with E-state index in [1.54, 1.807) is 25.1 Å². The van der Waals surface area contributed by atoms with Crippen molar-refractivity contribution < 1.29 is 5.11 Å². The van der Waals surface area contributed by atoms with Crippen LogP contribution >= 0.6 is 23.2 Å². The number of hydrogen-bond acceptors (Lipinski definition) is 1. The van der Waals surface area contributed by atoms with Crippen LogP contribution in [-0.4, -0.2) is 5.11 Å². The van der Waals surface area contributed by atoms with Crippen LogP contribution in [0.15, 0.2) is 42.5 Å². The molecule has 0 bridgehead atoms. The standard InChI is InChI=1S/C16H16Cl2O/c1-3-11-7-9-12(10-8-11)16(2,19)13-5-4-6-14(17)15(13)18/h4-10,19H,3H2,1-2H3. The molecule has 1 nitrogen and oxygen atoms in total. The number of aliphatic hydroxyl groups is 1. The Hall–Kier alpha value is -1.02. The third-order valence-electron chi connectivity index (χ3n) is 3.40. The highest BCUT2D eigenvalue weighted by atomic mass is 35.5. The van der Waals surface area contributed by atoms with Crippen molar-refractivity contribution in [3.05, 3.63) is 69.2 Å².